The zero-order valence-corrected chi connectivity index (χ0v) is 11.5. The molecule has 3 aromatic carbocycles. The molecule has 0 aliphatic rings. The molecule has 21 heavy (non-hydrogen) atoms. The predicted molar refractivity (Wildman–Crippen MR) is 88.2 cm³/mol. The monoisotopic (exact) mass is 273 g/mol. The fraction of sp³-hybridized carbons (Fsp3) is 0. The van der Waals surface area contributed by atoms with E-state index in [9.17, 15) is 4.79 Å². The van der Waals surface area contributed by atoms with E-state index >= 15 is 0 Å². The number of hydrogen-bond acceptors (Lipinski definition) is 2. The van der Waals surface area contributed by atoms with Crippen LogP contribution in [0, 0.1) is 0 Å². The van der Waals surface area contributed by atoms with Crippen molar-refractivity contribution in [1.29, 1.82) is 0 Å². The molecule has 3 aromatic rings. The molecule has 2 N–H and O–H groups in total. The molecule has 0 aliphatic heterocycles. The summed E-state index contributed by atoms with van der Waals surface area (Å²) in [7, 11) is 0. The number of carbonyl (C=O) groups excluding carboxylic acids is 1. The third kappa shape index (κ3) is 3.00. The Hall–Kier alpha value is -2.87. The van der Waals surface area contributed by atoms with Crippen molar-refractivity contribution in [3.63, 3.8) is 0 Å². The number of fused-ring (bicyclic) bond motifs is 1. The van der Waals surface area contributed by atoms with Gasteiger partial charge in [0.1, 0.15) is 0 Å². The minimum absolute atomic E-state index is 0.00224. The minimum atomic E-state index is -0.00224. The highest BCUT2D eigenvalue weighted by Gasteiger charge is 2.02. The van der Waals surface area contributed by atoms with E-state index in [0.29, 0.717) is 11.3 Å². The maximum Gasteiger partial charge on any atom is 0.185 e. The smallest absolute Gasteiger partial charge is 0.185 e. The van der Waals surface area contributed by atoms with Gasteiger partial charge in [-0.1, -0.05) is 54.6 Å². The van der Waals surface area contributed by atoms with E-state index in [1.165, 1.54) is 0 Å². The van der Waals surface area contributed by atoms with E-state index < -0.39 is 0 Å². The van der Waals surface area contributed by atoms with Gasteiger partial charge in [-0.15, -0.1) is 0 Å². The van der Waals surface area contributed by atoms with Gasteiger partial charge >= 0.3 is 0 Å². The van der Waals surface area contributed by atoms with Crippen LogP contribution in [0.5, 0.6) is 0 Å². The summed E-state index contributed by atoms with van der Waals surface area (Å²) >= 11 is 0. The van der Waals surface area contributed by atoms with Crippen molar-refractivity contribution in [2.75, 3.05) is 5.73 Å². The molecule has 0 saturated carbocycles. The molecular formula is C19H15NO. The maximum absolute atomic E-state index is 12.2. The van der Waals surface area contributed by atoms with Gasteiger partial charge in [-0.25, -0.2) is 0 Å². The van der Waals surface area contributed by atoms with E-state index in [-0.39, 0.29) is 5.78 Å². The standard InChI is InChI=1S/C19H15NO/c20-18-10-5-14(6-11-18)7-12-19(21)17-9-8-15-3-1-2-4-16(15)13-17/h1-13H,20H2/b12-7+. The van der Waals surface area contributed by atoms with Crippen molar-refractivity contribution in [3.05, 3.63) is 83.9 Å². The Labute approximate surface area is 123 Å². The quantitative estimate of drug-likeness (QED) is 0.439. The average molecular weight is 273 g/mol. The summed E-state index contributed by atoms with van der Waals surface area (Å²) in [5, 5.41) is 2.21. The number of allylic oxidation sites excluding steroid dienone is 1. The number of anilines is 1. The molecule has 0 bridgehead atoms. The van der Waals surface area contributed by atoms with Gasteiger partial charge in [-0.3, -0.25) is 4.79 Å². The molecule has 0 amide bonds. The highest BCUT2D eigenvalue weighted by Crippen LogP contribution is 2.16. The second-order valence-electron chi connectivity index (χ2n) is 4.93. The van der Waals surface area contributed by atoms with Crippen molar-refractivity contribution >= 4 is 28.3 Å². The largest absolute Gasteiger partial charge is 0.399 e. The minimum Gasteiger partial charge on any atom is -0.399 e. The lowest BCUT2D eigenvalue weighted by Crippen LogP contribution is -1.93. The average Bonchev–Trinajstić information content (AvgIpc) is 2.53. The van der Waals surface area contributed by atoms with Gasteiger partial charge in [-0.05, 0) is 40.6 Å². The van der Waals surface area contributed by atoms with Gasteiger partial charge in [0.05, 0.1) is 0 Å². The van der Waals surface area contributed by atoms with E-state index in [1.54, 1.807) is 12.2 Å². The van der Waals surface area contributed by atoms with Gasteiger partial charge < -0.3 is 5.73 Å². The number of rotatable bonds is 3. The Morgan fingerprint density at radius 2 is 1.57 bits per heavy atom. The zero-order valence-electron chi connectivity index (χ0n) is 11.5. The van der Waals surface area contributed by atoms with Crippen LogP contribution in [0.4, 0.5) is 5.69 Å². The van der Waals surface area contributed by atoms with Crippen LogP contribution in [0.2, 0.25) is 0 Å². The third-order valence-corrected chi connectivity index (χ3v) is 3.40. The van der Waals surface area contributed by atoms with Crippen LogP contribution < -0.4 is 5.73 Å². The molecule has 0 unspecified atom stereocenters. The van der Waals surface area contributed by atoms with E-state index in [2.05, 4.69) is 0 Å². The second kappa shape index (κ2) is 5.63. The molecule has 0 saturated heterocycles. The van der Waals surface area contributed by atoms with Gasteiger partial charge in [0.2, 0.25) is 0 Å². The van der Waals surface area contributed by atoms with Gasteiger partial charge in [-0.2, -0.15) is 0 Å². The fourth-order valence-corrected chi connectivity index (χ4v) is 2.22. The molecular weight excluding hydrogens is 258 g/mol. The molecule has 0 aliphatic carbocycles. The van der Waals surface area contributed by atoms with Gasteiger partial charge in [0, 0.05) is 11.3 Å². The number of nitrogens with two attached hydrogens (primary N) is 1. The Bertz CT molecular complexity index is 816. The number of ketones is 1. The summed E-state index contributed by atoms with van der Waals surface area (Å²) in [5.74, 6) is -0.00224. The summed E-state index contributed by atoms with van der Waals surface area (Å²) < 4.78 is 0. The molecule has 3 rings (SSSR count). The molecule has 2 nitrogen and oxygen atoms in total. The Morgan fingerprint density at radius 3 is 2.33 bits per heavy atom. The molecule has 0 radical (unpaired) electrons. The van der Waals surface area contributed by atoms with Crippen LogP contribution in [0.3, 0.4) is 0 Å². The first-order valence-electron chi connectivity index (χ1n) is 6.79. The van der Waals surface area contributed by atoms with Crippen molar-refractivity contribution < 1.29 is 4.79 Å². The lowest BCUT2D eigenvalue weighted by atomic mass is 10.0. The van der Waals surface area contributed by atoms with Crippen LogP contribution in [-0.4, -0.2) is 5.78 Å². The zero-order chi connectivity index (χ0) is 14.7. The lowest BCUT2D eigenvalue weighted by molar-refractivity contribution is 0.104. The molecule has 0 aromatic heterocycles. The predicted octanol–water partition coefficient (Wildman–Crippen LogP) is 4.32. The topological polar surface area (TPSA) is 43.1 Å². The van der Waals surface area contributed by atoms with Gasteiger partial charge in [0.15, 0.2) is 5.78 Å². The fourth-order valence-electron chi connectivity index (χ4n) is 2.22. The van der Waals surface area contributed by atoms with E-state index in [1.807, 2.05) is 66.7 Å². The van der Waals surface area contributed by atoms with Crippen molar-refractivity contribution in [2.24, 2.45) is 0 Å². The summed E-state index contributed by atoms with van der Waals surface area (Å²) in [4.78, 5) is 12.2. The number of nitrogen functional groups attached to an aromatic ring is 1. The molecule has 2 heteroatoms. The normalized spacial score (nSPS) is 11.0. The highest BCUT2D eigenvalue weighted by atomic mass is 16.1. The van der Waals surface area contributed by atoms with Crippen molar-refractivity contribution in [2.45, 2.75) is 0 Å². The van der Waals surface area contributed by atoms with Crippen molar-refractivity contribution in [1.82, 2.24) is 0 Å². The number of hydrogen-bond donors (Lipinski definition) is 1. The molecule has 0 spiro atoms. The molecule has 102 valence electrons. The van der Waals surface area contributed by atoms with Gasteiger partial charge in [0.25, 0.3) is 0 Å². The van der Waals surface area contributed by atoms with Crippen LogP contribution in [-0.2, 0) is 0 Å². The molecule has 0 heterocycles. The van der Waals surface area contributed by atoms with Crippen LogP contribution in [0.15, 0.2) is 72.8 Å². The molecule has 0 fully saturated rings. The summed E-state index contributed by atoms with van der Waals surface area (Å²) in [6, 6.07) is 21.2. The van der Waals surface area contributed by atoms with Crippen LogP contribution in [0.1, 0.15) is 15.9 Å². The Kier molecular flexibility index (Phi) is 3.52. The Balaban J connectivity index is 1.84. The lowest BCUT2D eigenvalue weighted by Gasteiger charge is -2.00. The van der Waals surface area contributed by atoms with E-state index in [0.717, 1.165) is 16.3 Å². The van der Waals surface area contributed by atoms with Crippen LogP contribution in [0.25, 0.3) is 16.8 Å². The summed E-state index contributed by atoms with van der Waals surface area (Å²) in [6.45, 7) is 0. The van der Waals surface area contributed by atoms with Crippen LogP contribution >= 0.6 is 0 Å². The maximum atomic E-state index is 12.2. The number of carbonyl (C=O) groups is 1. The summed E-state index contributed by atoms with van der Waals surface area (Å²) in [6.07, 6.45) is 3.40. The van der Waals surface area contributed by atoms with Crippen molar-refractivity contribution in [3.8, 4) is 0 Å². The highest BCUT2D eigenvalue weighted by molar-refractivity contribution is 6.08. The first kappa shape index (κ1) is 13.1. The second-order valence-corrected chi connectivity index (χ2v) is 4.93. The Morgan fingerprint density at radius 1 is 0.857 bits per heavy atom. The third-order valence-electron chi connectivity index (χ3n) is 3.40. The molecule has 0 atom stereocenters. The summed E-state index contributed by atoms with van der Waals surface area (Å²) in [5.41, 5.74) is 8.00. The number of benzene rings is 3. The SMILES string of the molecule is Nc1ccc(/C=C/C(=O)c2ccc3ccccc3c2)cc1. The first-order valence-corrected chi connectivity index (χ1v) is 6.79. The first-order chi connectivity index (χ1) is 10.2. The van der Waals surface area contributed by atoms with E-state index in [4.69, 9.17) is 5.73 Å².